The minimum Gasteiger partial charge on any atom is -0.466 e. The van der Waals surface area contributed by atoms with E-state index in [-0.39, 0.29) is 42.8 Å². The third-order valence-electron chi connectivity index (χ3n) is 6.48. The average molecular weight is 558 g/mol. The smallest absolute Gasteiger partial charge is 0.327 e. The van der Waals surface area contributed by atoms with E-state index in [1.807, 2.05) is 0 Å². The maximum Gasteiger partial charge on any atom is 0.327 e. The molecule has 0 saturated heterocycles. The summed E-state index contributed by atoms with van der Waals surface area (Å²) in [6, 6.07) is 0. The molecule has 7 nitrogen and oxygen atoms in total. The molecule has 215 valence electrons. The molecule has 0 fully saturated rings. The molecule has 1 unspecified atom stereocenters. The standard InChI is InChI=1S/C28H54O7S.Na/c1-3-5-7-9-11-13-15-17-19-21-23-34-27(29)25-26(36(31,32)33)28(30)35-24-22-20-18-16-14-12-10-8-6-4-2;/h26H,3-25H2,1-2H3,(H,31,32,33);. The second kappa shape index (κ2) is 27.4. The molecular formula is C28H54NaO7S. The van der Waals surface area contributed by atoms with Gasteiger partial charge in [-0.3, -0.25) is 14.1 Å². The molecule has 1 atom stereocenters. The first-order valence-electron chi connectivity index (χ1n) is 14.6. The molecule has 0 aromatic heterocycles. The minimum atomic E-state index is -4.75. The summed E-state index contributed by atoms with van der Waals surface area (Å²) in [4.78, 5) is 24.2. The number of carbonyl (C=O) groups excluding carboxylic acids is 2. The van der Waals surface area contributed by atoms with Crippen LogP contribution in [0.2, 0.25) is 0 Å². The second-order valence-corrected chi connectivity index (χ2v) is 11.6. The van der Waals surface area contributed by atoms with E-state index in [0.29, 0.717) is 12.8 Å². The molecule has 1 radical (unpaired) electrons. The van der Waals surface area contributed by atoms with Crippen molar-refractivity contribution >= 4 is 51.6 Å². The molecule has 9 heteroatoms. The Balaban J connectivity index is 0. The fourth-order valence-corrected chi connectivity index (χ4v) is 4.81. The van der Waals surface area contributed by atoms with Crippen LogP contribution in [-0.2, 0) is 29.2 Å². The first-order valence-corrected chi connectivity index (χ1v) is 16.1. The van der Waals surface area contributed by atoms with Crippen LogP contribution in [0.1, 0.15) is 149 Å². The molecule has 0 aromatic rings. The van der Waals surface area contributed by atoms with Gasteiger partial charge in [-0.15, -0.1) is 0 Å². The van der Waals surface area contributed by atoms with Gasteiger partial charge in [-0.05, 0) is 12.8 Å². The fraction of sp³-hybridized carbons (Fsp3) is 0.929. The summed E-state index contributed by atoms with van der Waals surface area (Å²) in [6.45, 7) is 4.67. The average Bonchev–Trinajstić information content (AvgIpc) is 2.83. The Morgan fingerprint density at radius 3 is 1.27 bits per heavy atom. The van der Waals surface area contributed by atoms with Gasteiger partial charge in [0.2, 0.25) is 0 Å². The number of carbonyl (C=O) groups is 2. The van der Waals surface area contributed by atoms with Gasteiger partial charge in [0.1, 0.15) is 0 Å². The number of hydrogen-bond acceptors (Lipinski definition) is 6. The molecular weight excluding hydrogens is 503 g/mol. The van der Waals surface area contributed by atoms with Gasteiger partial charge >= 0.3 is 11.9 Å². The second-order valence-electron chi connectivity index (χ2n) is 9.96. The van der Waals surface area contributed by atoms with Crippen LogP contribution < -0.4 is 0 Å². The first kappa shape index (κ1) is 39.0. The zero-order valence-corrected chi connectivity index (χ0v) is 27.0. The van der Waals surface area contributed by atoms with E-state index < -0.39 is 33.7 Å². The van der Waals surface area contributed by atoms with Gasteiger partial charge < -0.3 is 9.47 Å². The summed E-state index contributed by atoms with van der Waals surface area (Å²) >= 11 is 0. The SMILES string of the molecule is CCCCCCCCCCCCOC(=O)CC(C(=O)OCCCCCCCCCCCC)S(=O)(=O)O.[Na]. The quantitative estimate of drug-likeness (QED) is 0.0519. The van der Waals surface area contributed by atoms with Gasteiger partial charge in [0.15, 0.2) is 5.25 Å². The molecule has 0 aliphatic rings. The van der Waals surface area contributed by atoms with Crippen LogP contribution in [0, 0.1) is 0 Å². The van der Waals surface area contributed by atoms with E-state index in [1.165, 1.54) is 77.0 Å². The van der Waals surface area contributed by atoms with E-state index in [2.05, 4.69) is 13.8 Å². The van der Waals surface area contributed by atoms with Gasteiger partial charge in [0, 0.05) is 29.6 Å². The Bertz CT molecular complexity index is 640. The van der Waals surface area contributed by atoms with Crippen LogP contribution >= 0.6 is 0 Å². The predicted molar refractivity (Wildman–Crippen MR) is 151 cm³/mol. The third kappa shape index (κ3) is 25.9. The summed E-state index contributed by atoms with van der Waals surface area (Å²) in [5.74, 6) is -1.91. The number of esters is 2. The van der Waals surface area contributed by atoms with Crippen molar-refractivity contribution < 1.29 is 32.0 Å². The van der Waals surface area contributed by atoms with E-state index in [4.69, 9.17) is 9.47 Å². The molecule has 0 amide bonds. The summed E-state index contributed by atoms with van der Waals surface area (Å²) in [5, 5.41) is -1.93. The molecule has 0 rings (SSSR count). The maximum atomic E-state index is 12.2. The molecule has 0 aromatic carbocycles. The third-order valence-corrected chi connectivity index (χ3v) is 7.56. The normalized spacial score (nSPS) is 12.1. The van der Waals surface area contributed by atoms with Crippen molar-refractivity contribution in [3.05, 3.63) is 0 Å². The predicted octanol–water partition coefficient (Wildman–Crippen LogP) is 7.18. The summed E-state index contributed by atoms with van der Waals surface area (Å²) < 4.78 is 42.7. The van der Waals surface area contributed by atoms with E-state index in [1.54, 1.807) is 0 Å². The van der Waals surface area contributed by atoms with Crippen LogP contribution in [-0.4, -0.2) is 72.9 Å². The maximum absolute atomic E-state index is 12.2. The topological polar surface area (TPSA) is 107 Å². The molecule has 0 spiro atoms. The van der Waals surface area contributed by atoms with E-state index in [0.717, 1.165) is 38.5 Å². The van der Waals surface area contributed by atoms with Gasteiger partial charge in [-0.25, -0.2) is 0 Å². The Morgan fingerprint density at radius 1 is 0.595 bits per heavy atom. The Morgan fingerprint density at radius 2 is 0.919 bits per heavy atom. The van der Waals surface area contributed by atoms with Gasteiger partial charge in [0.05, 0.1) is 19.6 Å². The van der Waals surface area contributed by atoms with Crippen LogP contribution in [0.15, 0.2) is 0 Å². The molecule has 0 saturated carbocycles. The van der Waals surface area contributed by atoms with Crippen LogP contribution in [0.25, 0.3) is 0 Å². The van der Waals surface area contributed by atoms with E-state index >= 15 is 0 Å². The molecule has 0 aliphatic carbocycles. The van der Waals surface area contributed by atoms with Crippen molar-refractivity contribution in [1.29, 1.82) is 0 Å². The van der Waals surface area contributed by atoms with Crippen molar-refractivity contribution in [3.63, 3.8) is 0 Å². The van der Waals surface area contributed by atoms with Crippen LogP contribution in [0.3, 0.4) is 0 Å². The number of rotatable bonds is 26. The molecule has 37 heavy (non-hydrogen) atoms. The fourth-order valence-electron chi connectivity index (χ4n) is 4.15. The zero-order chi connectivity index (χ0) is 26.9. The minimum absolute atomic E-state index is 0. The van der Waals surface area contributed by atoms with Crippen molar-refractivity contribution in [3.8, 4) is 0 Å². The Hall–Kier alpha value is -0.150. The van der Waals surface area contributed by atoms with E-state index in [9.17, 15) is 22.6 Å². The number of ether oxygens (including phenoxy) is 2. The van der Waals surface area contributed by atoms with Crippen molar-refractivity contribution in [2.75, 3.05) is 13.2 Å². The van der Waals surface area contributed by atoms with Crippen molar-refractivity contribution in [2.24, 2.45) is 0 Å². The molecule has 0 bridgehead atoms. The van der Waals surface area contributed by atoms with Crippen LogP contribution in [0.5, 0.6) is 0 Å². The van der Waals surface area contributed by atoms with Crippen molar-refractivity contribution in [2.45, 2.75) is 154 Å². The largest absolute Gasteiger partial charge is 0.466 e. The summed E-state index contributed by atoms with van der Waals surface area (Å²) in [6.07, 6.45) is 22.1. The number of unbranched alkanes of at least 4 members (excludes halogenated alkanes) is 18. The van der Waals surface area contributed by atoms with Gasteiger partial charge in [-0.2, -0.15) is 8.42 Å². The Kier molecular flexibility index (Phi) is 28.9. The molecule has 0 aliphatic heterocycles. The van der Waals surface area contributed by atoms with Crippen molar-refractivity contribution in [1.82, 2.24) is 0 Å². The zero-order valence-electron chi connectivity index (χ0n) is 24.1. The summed E-state index contributed by atoms with van der Waals surface area (Å²) in [5.41, 5.74) is 0. The number of hydrogen-bond donors (Lipinski definition) is 1. The Labute approximate surface area is 249 Å². The van der Waals surface area contributed by atoms with Gasteiger partial charge in [-0.1, -0.05) is 129 Å². The molecule has 0 heterocycles. The monoisotopic (exact) mass is 557 g/mol. The van der Waals surface area contributed by atoms with Crippen LogP contribution in [0.4, 0.5) is 0 Å². The van der Waals surface area contributed by atoms with Gasteiger partial charge in [0.25, 0.3) is 10.1 Å². The summed E-state index contributed by atoms with van der Waals surface area (Å²) in [7, 11) is -4.75. The first-order chi connectivity index (χ1) is 17.3. The molecule has 1 N–H and O–H groups in total.